The third kappa shape index (κ3) is 8.79. The smallest absolute Gasteiger partial charge is 0.167 e. The fourth-order valence-electron chi connectivity index (χ4n) is 5.70. The molecular weight excluding hydrogens is 580 g/mol. The molecule has 0 bridgehead atoms. The van der Waals surface area contributed by atoms with Crippen molar-refractivity contribution in [3.63, 3.8) is 0 Å². The number of para-hydroxylation sites is 2. The molecule has 4 rings (SSSR count). The van der Waals surface area contributed by atoms with Crippen LogP contribution in [0.1, 0.15) is 79.9 Å². The Bertz CT molecular complexity index is 1690. The summed E-state index contributed by atoms with van der Waals surface area (Å²) in [4.78, 5) is 40.4. The Morgan fingerprint density at radius 3 is 1.83 bits per heavy atom. The van der Waals surface area contributed by atoms with E-state index in [1.807, 2.05) is 37.3 Å². The third-order valence-corrected chi connectivity index (χ3v) is 8.22. The fourth-order valence-corrected chi connectivity index (χ4v) is 5.70. The van der Waals surface area contributed by atoms with Crippen LogP contribution >= 0.6 is 0 Å². The van der Waals surface area contributed by atoms with Gasteiger partial charge in [0, 0.05) is 42.9 Å². The van der Waals surface area contributed by atoms with Gasteiger partial charge in [-0.05, 0) is 61.6 Å². The van der Waals surface area contributed by atoms with Crippen molar-refractivity contribution in [1.29, 1.82) is 0 Å². The first kappa shape index (κ1) is 33.9. The van der Waals surface area contributed by atoms with Crippen LogP contribution < -0.4 is 0 Å². The molecule has 46 heavy (non-hydrogen) atoms. The zero-order chi connectivity index (χ0) is 33.1. The van der Waals surface area contributed by atoms with Crippen molar-refractivity contribution in [3.8, 4) is 11.5 Å². The second kappa shape index (κ2) is 16.3. The number of phenols is 2. The van der Waals surface area contributed by atoms with Gasteiger partial charge in [-0.15, -0.1) is 0 Å². The highest BCUT2D eigenvalue weighted by atomic mass is 16.5. The Hall–Kier alpha value is -5.01. The third-order valence-electron chi connectivity index (χ3n) is 8.22. The molecule has 2 atom stereocenters. The summed E-state index contributed by atoms with van der Waals surface area (Å²) in [6.45, 7) is 5.83. The van der Waals surface area contributed by atoms with Gasteiger partial charge < -0.3 is 20.1 Å². The normalized spacial score (nSPS) is 12.2. The van der Waals surface area contributed by atoms with Crippen molar-refractivity contribution in [1.82, 2.24) is 0 Å². The number of ketones is 3. The lowest BCUT2D eigenvalue weighted by Crippen LogP contribution is -2.28. The maximum Gasteiger partial charge on any atom is 0.167 e. The van der Waals surface area contributed by atoms with Crippen molar-refractivity contribution < 1.29 is 34.4 Å². The van der Waals surface area contributed by atoms with Crippen LogP contribution in [0.25, 0.3) is 5.76 Å². The SMILES string of the molecule is C=C(OC(CCC(=O)c1ccccc1C)C(CCC(=O)c1ccccc1CCO)CC(=O)c1ccccc1O)c1ccccc1O. The van der Waals surface area contributed by atoms with Gasteiger partial charge in [-0.1, -0.05) is 79.4 Å². The van der Waals surface area contributed by atoms with Crippen molar-refractivity contribution in [2.45, 2.75) is 51.6 Å². The molecule has 4 aromatic rings. The van der Waals surface area contributed by atoms with E-state index in [1.165, 1.54) is 12.1 Å². The summed E-state index contributed by atoms with van der Waals surface area (Å²) in [6.07, 6.45) is 0.172. The predicted octanol–water partition coefficient (Wildman–Crippen LogP) is 7.51. The molecule has 2 unspecified atom stereocenters. The molecule has 0 aliphatic rings. The van der Waals surface area contributed by atoms with Crippen molar-refractivity contribution in [2.75, 3.05) is 6.61 Å². The Morgan fingerprint density at radius 1 is 0.674 bits per heavy atom. The minimum Gasteiger partial charge on any atom is -0.507 e. The van der Waals surface area contributed by atoms with Gasteiger partial charge in [-0.2, -0.15) is 0 Å². The molecule has 3 N–H and O–H groups in total. The molecule has 238 valence electrons. The van der Waals surface area contributed by atoms with Crippen LogP contribution in [0, 0.1) is 12.8 Å². The minimum absolute atomic E-state index is 0.0280. The molecular formula is C39H40O7. The summed E-state index contributed by atoms with van der Waals surface area (Å²) in [5, 5.41) is 30.4. The molecule has 7 heteroatoms. The van der Waals surface area contributed by atoms with Crippen LogP contribution in [0.4, 0.5) is 0 Å². The van der Waals surface area contributed by atoms with Gasteiger partial charge in [0.15, 0.2) is 17.3 Å². The number of aliphatic hydroxyl groups is 1. The number of rotatable bonds is 17. The zero-order valence-electron chi connectivity index (χ0n) is 26.0. The van der Waals surface area contributed by atoms with Gasteiger partial charge in [0.2, 0.25) is 0 Å². The summed E-state index contributed by atoms with van der Waals surface area (Å²) >= 11 is 0. The number of ether oxygens (including phenoxy) is 1. The highest BCUT2D eigenvalue weighted by molar-refractivity contribution is 5.99. The first-order valence-corrected chi connectivity index (χ1v) is 15.5. The molecule has 4 aromatic carbocycles. The van der Waals surface area contributed by atoms with Crippen molar-refractivity contribution >= 4 is 23.1 Å². The molecule has 0 radical (unpaired) electrons. The van der Waals surface area contributed by atoms with Crippen LogP contribution in [0.15, 0.2) is 104 Å². The molecule has 0 fully saturated rings. The Balaban J connectivity index is 1.66. The lowest BCUT2D eigenvalue weighted by Gasteiger charge is -2.29. The summed E-state index contributed by atoms with van der Waals surface area (Å²) in [7, 11) is 0. The summed E-state index contributed by atoms with van der Waals surface area (Å²) in [6, 6.07) is 27.3. The van der Waals surface area contributed by atoms with Crippen LogP contribution in [0.2, 0.25) is 0 Å². The van der Waals surface area contributed by atoms with Gasteiger partial charge in [-0.3, -0.25) is 14.4 Å². The average molecular weight is 621 g/mol. The number of Topliss-reactive ketones (excluding diaryl/α,β-unsaturated/α-hetero) is 3. The van der Waals surface area contributed by atoms with Crippen LogP contribution in [-0.4, -0.2) is 45.4 Å². The molecule has 7 nitrogen and oxygen atoms in total. The number of benzene rings is 4. The van der Waals surface area contributed by atoms with E-state index in [9.17, 15) is 29.7 Å². The topological polar surface area (TPSA) is 121 Å². The van der Waals surface area contributed by atoms with Gasteiger partial charge >= 0.3 is 0 Å². The molecule has 0 spiro atoms. The molecule has 0 amide bonds. The van der Waals surface area contributed by atoms with E-state index in [1.54, 1.807) is 54.6 Å². The fraction of sp³-hybridized carbons (Fsp3) is 0.256. The maximum absolute atomic E-state index is 13.6. The average Bonchev–Trinajstić information content (AvgIpc) is 3.05. The number of carbonyl (C=O) groups excluding carboxylic acids is 3. The van der Waals surface area contributed by atoms with Crippen LogP contribution in [0.5, 0.6) is 11.5 Å². The van der Waals surface area contributed by atoms with Gasteiger partial charge in [-0.25, -0.2) is 0 Å². The second-order valence-corrected chi connectivity index (χ2v) is 11.4. The van der Waals surface area contributed by atoms with Gasteiger partial charge in [0.05, 0.1) is 11.1 Å². The predicted molar refractivity (Wildman–Crippen MR) is 178 cm³/mol. The van der Waals surface area contributed by atoms with Gasteiger partial charge in [0.1, 0.15) is 23.4 Å². The minimum atomic E-state index is -0.740. The van der Waals surface area contributed by atoms with Crippen molar-refractivity contribution in [3.05, 3.63) is 137 Å². The Labute approximate surface area is 269 Å². The number of aliphatic hydroxyl groups excluding tert-OH is 1. The number of hydrogen-bond donors (Lipinski definition) is 3. The first-order valence-electron chi connectivity index (χ1n) is 15.5. The Kier molecular flexibility index (Phi) is 12.0. The molecule has 0 aliphatic carbocycles. The zero-order valence-corrected chi connectivity index (χ0v) is 26.0. The summed E-state index contributed by atoms with van der Waals surface area (Å²) < 4.78 is 6.40. The number of carbonyl (C=O) groups is 3. The molecule has 0 aromatic heterocycles. The number of aryl methyl sites for hydroxylation is 1. The van der Waals surface area contributed by atoms with E-state index >= 15 is 0 Å². The first-order chi connectivity index (χ1) is 22.2. The van der Waals surface area contributed by atoms with E-state index in [2.05, 4.69) is 6.58 Å². The largest absolute Gasteiger partial charge is 0.507 e. The number of phenolic OH excluding ortho intramolecular Hbond substituents is 2. The highest BCUT2D eigenvalue weighted by Crippen LogP contribution is 2.33. The lowest BCUT2D eigenvalue weighted by atomic mass is 9.84. The summed E-state index contributed by atoms with van der Waals surface area (Å²) in [5.74, 6) is -1.12. The lowest BCUT2D eigenvalue weighted by molar-refractivity contribution is 0.0656. The molecule has 0 saturated heterocycles. The summed E-state index contributed by atoms with van der Waals surface area (Å²) in [5.41, 5.74) is 3.22. The van der Waals surface area contributed by atoms with E-state index in [4.69, 9.17) is 4.74 Å². The van der Waals surface area contributed by atoms with Gasteiger partial charge in [0.25, 0.3) is 0 Å². The second-order valence-electron chi connectivity index (χ2n) is 11.4. The van der Waals surface area contributed by atoms with E-state index < -0.39 is 12.0 Å². The highest BCUT2D eigenvalue weighted by Gasteiger charge is 2.30. The van der Waals surface area contributed by atoms with Crippen LogP contribution in [-0.2, 0) is 11.2 Å². The van der Waals surface area contributed by atoms with E-state index in [0.29, 0.717) is 23.1 Å². The maximum atomic E-state index is 13.6. The quantitative estimate of drug-likeness (QED) is 0.0825. The molecule has 0 saturated carbocycles. The van der Waals surface area contributed by atoms with E-state index in [0.717, 1.165) is 11.1 Å². The number of aromatic hydroxyl groups is 2. The standard InChI is InChI=1S/C39H40O7/c1-26-11-3-5-13-30(26)36(43)21-22-39(46-27(2)31-14-7-9-17-34(31)41)29(25-38(45)33-16-8-10-18-35(33)42)19-20-37(44)32-15-6-4-12-28(32)23-24-40/h3-18,29,39-42H,2,19-25H2,1H3. The monoisotopic (exact) mass is 620 g/mol. The van der Waals surface area contributed by atoms with E-state index in [-0.39, 0.29) is 78.9 Å². The molecule has 0 aliphatic heterocycles. The Morgan fingerprint density at radius 2 is 1.20 bits per heavy atom. The van der Waals surface area contributed by atoms with Crippen molar-refractivity contribution in [2.24, 2.45) is 5.92 Å². The number of hydrogen-bond acceptors (Lipinski definition) is 7. The van der Waals surface area contributed by atoms with Crippen LogP contribution in [0.3, 0.4) is 0 Å². The molecule has 0 heterocycles.